The Morgan fingerprint density at radius 1 is 1.20 bits per heavy atom. The van der Waals surface area contributed by atoms with Gasteiger partial charge >= 0.3 is 0 Å². The highest BCUT2D eigenvalue weighted by Crippen LogP contribution is 2.33. The van der Waals surface area contributed by atoms with E-state index in [1.54, 1.807) is 11.3 Å². The molecule has 4 rings (SSSR count). The van der Waals surface area contributed by atoms with E-state index in [0.717, 1.165) is 36.8 Å². The Balaban J connectivity index is 1.44. The molecule has 2 aliphatic rings. The molecule has 0 bridgehead atoms. The number of likely N-dealkylation sites (tertiary alicyclic amines) is 1. The molecule has 0 saturated carbocycles. The van der Waals surface area contributed by atoms with Crippen LogP contribution in [0.25, 0.3) is 10.2 Å². The third-order valence-corrected chi connectivity index (χ3v) is 5.30. The second-order valence-electron chi connectivity index (χ2n) is 5.60. The van der Waals surface area contributed by atoms with E-state index in [1.165, 1.54) is 17.5 Å². The van der Waals surface area contributed by atoms with Gasteiger partial charge in [0.15, 0.2) is 5.13 Å². The summed E-state index contributed by atoms with van der Waals surface area (Å²) in [7, 11) is 0. The molecule has 2 aromatic rings. The molecule has 2 fully saturated rings. The monoisotopic (exact) mass is 287 g/mol. The minimum atomic E-state index is 0.181. The largest absolute Gasteiger partial charge is 0.346 e. The molecule has 4 nitrogen and oxygen atoms in total. The number of para-hydroxylation sites is 1. The van der Waals surface area contributed by atoms with Gasteiger partial charge in [0, 0.05) is 26.2 Å². The molecule has 0 radical (unpaired) electrons. The van der Waals surface area contributed by atoms with Gasteiger partial charge in [-0.25, -0.2) is 4.98 Å². The molecular weight excluding hydrogens is 270 g/mol. The molecule has 0 unspecified atom stereocenters. The Labute approximate surface area is 122 Å². The van der Waals surface area contributed by atoms with E-state index in [0.29, 0.717) is 5.91 Å². The summed E-state index contributed by atoms with van der Waals surface area (Å²) in [6.07, 6.45) is 2.33. The quantitative estimate of drug-likeness (QED) is 0.851. The van der Waals surface area contributed by atoms with Crippen molar-refractivity contribution in [3.63, 3.8) is 0 Å². The van der Waals surface area contributed by atoms with E-state index in [2.05, 4.69) is 16.0 Å². The van der Waals surface area contributed by atoms with E-state index in [1.807, 2.05) is 23.1 Å². The van der Waals surface area contributed by atoms with Crippen LogP contribution in [0.5, 0.6) is 0 Å². The first-order chi connectivity index (χ1) is 9.81. The van der Waals surface area contributed by atoms with Crippen molar-refractivity contribution in [1.82, 2.24) is 9.88 Å². The van der Waals surface area contributed by atoms with Crippen LogP contribution in [-0.2, 0) is 4.79 Å². The van der Waals surface area contributed by atoms with Gasteiger partial charge in [0.2, 0.25) is 5.91 Å². The molecule has 1 amide bonds. The molecule has 0 aliphatic carbocycles. The van der Waals surface area contributed by atoms with Gasteiger partial charge in [0.1, 0.15) is 0 Å². The van der Waals surface area contributed by atoms with Gasteiger partial charge in [0.25, 0.3) is 0 Å². The summed E-state index contributed by atoms with van der Waals surface area (Å²) >= 11 is 1.72. The van der Waals surface area contributed by atoms with E-state index < -0.39 is 0 Å². The summed E-state index contributed by atoms with van der Waals surface area (Å²) in [5.41, 5.74) is 1.06. The van der Waals surface area contributed by atoms with Crippen molar-refractivity contribution in [2.45, 2.75) is 12.8 Å². The summed E-state index contributed by atoms with van der Waals surface area (Å²) in [6.45, 7) is 3.57. The average Bonchev–Trinajstić information content (AvgIpc) is 3.06. The minimum Gasteiger partial charge on any atom is -0.346 e. The normalized spacial score (nSPS) is 19.6. The molecule has 2 aliphatic heterocycles. The first-order valence-corrected chi connectivity index (χ1v) is 8.02. The van der Waals surface area contributed by atoms with Crippen molar-refractivity contribution < 1.29 is 4.79 Å². The molecule has 1 aromatic carbocycles. The fourth-order valence-corrected chi connectivity index (χ4v) is 3.97. The van der Waals surface area contributed by atoms with Crippen LogP contribution in [0.4, 0.5) is 5.13 Å². The zero-order chi connectivity index (χ0) is 13.5. The van der Waals surface area contributed by atoms with E-state index >= 15 is 0 Å². The summed E-state index contributed by atoms with van der Waals surface area (Å²) in [6, 6.07) is 8.20. The Morgan fingerprint density at radius 2 is 1.95 bits per heavy atom. The molecule has 0 spiro atoms. The van der Waals surface area contributed by atoms with Gasteiger partial charge in [-0.15, -0.1) is 0 Å². The van der Waals surface area contributed by atoms with Crippen LogP contribution in [0, 0.1) is 5.92 Å². The van der Waals surface area contributed by atoms with Gasteiger partial charge < -0.3 is 9.80 Å². The van der Waals surface area contributed by atoms with E-state index in [-0.39, 0.29) is 5.92 Å². The molecule has 104 valence electrons. The van der Waals surface area contributed by atoms with Crippen molar-refractivity contribution in [2.24, 2.45) is 5.92 Å². The van der Waals surface area contributed by atoms with Crippen LogP contribution in [0.3, 0.4) is 0 Å². The fraction of sp³-hybridized carbons (Fsp3) is 0.467. The number of thiazole rings is 1. The average molecular weight is 287 g/mol. The number of hydrogen-bond acceptors (Lipinski definition) is 4. The van der Waals surface area contributed by atoms with Gasteiger partial charge in [-0.3, -0.25) is 4.79 Å². The lowest BCUT2D eigenvalue weighted by Gasteiger charge is -2.39. The smallest absolute Gasteiger partial charge is 0.229 e. The van der Waals surface area contributed by atoms with Crippen LogP contribution >= 0.6 is 11.3 Å². The number of amides is 1. The first kappa shape index (κ1) is 12.1. The van der Waals surface area contributed by atoms with Crippen molar-refractivity contribution in [3.05, 3.63) is 24.3 Å². The minimum absolute atomic E-state index is 0.181. The van der Waals surface area contributed by atoms with Gasteiger partial charge in [-0.05, 0) is 25.0 Å². The molecule has 1 aromatic heterocycles. The molecule has 5 heteroatoms. The summed E-state index contributed by atoms with van der Waals surface area (Å²) in [5, 5.41) is 1.05. The van der Waals surface area contributed by atoms with E-state index in [4.69, 9.17) is 0 Å². The third kappa shape index (κ3) is 1.97. The van der Waals surface area contributed by atoms with Crippen molar-refractivity contribution in [2.75, 3.05) is 31.1 Å². The van der Waals surface area contributed by atoms with Gasteiger partial charge in [0.05, 0.1) is 16.1 Å². The maximum atomic E-state index is 12.3. The zero-order valence-electron chi connectivity index (χ0n) is 11.3. The van der Waals surface area contributed by atoms with Gasteiger partial charge in [-0.1, -0.05) is 23.5 Å². The second-order valence-corrected chi connectivity index (χ2v) is 6.61. The molecule has 2 saturated heterocycles. The van der Waals surface area contributed by atoms with Crippen LogP contribution in [0.15, 0.2) is 24.3 Å². The van der Waals surface area contributed by atoms with Gasteiger partial charge in [-0.2, -0.15) is 0 Å². The van der Waals surface area contributed by atoms with Crippen molar-refractivity contribution >= 4 is 32.6 Å². The number of rotatable bonds is 2. The number of anilines is 1. The number of aromatic nitrogens is 1. The number of fused-ring (bicyclic) bond motifs is 1. The SMILES string of the molecule is O=C(C1CN(c2nc3ccccc3s2)C1)N1CCCC1. The predicted molar refractivity (Wildman–Crippen MR) is 81.1 cm³/mol. The highest BCUT2D eigenvalue weighted by atomic mass is 32.1. The number of hydrogen-bond donors (Lipinski definition) is 0. The van der Waals surface area contributed by atoms with Crippen LogP contribution in [-0.4, -0.2) is 42.0 Å². The Bertz CT molecular complexity index is 608. The molecule has 0 atom stereocenters. The summed E-state index contributed by atoms with van der Waals surface area (Å²) in [4.78, 5) is 21.2. The highest BCUT2D eigenvalue weighted by Gasteiger charge is 2.37. The third-order valence-electron chi connectivity index (χ3n) is 4.20. The highest BCUT2D eigenvalue weighted by molar-refractivity contribution is 7.22. The molecule has 20 heavy (non-hydrogen) atoms. The van der Waals surface area contributed by atoms with Crippen LogP contribution in [0.1, 0.15) is 12.8 Å². The Hall–Kier alpha value is -1.62. The first-order valence-electron chi connectivity index (χ1n) is 7.20. The molecule has 0 N–H and O–H groups in total. The molecular formula is C15H17N3OS. The summed E-state index contributed by atoms with van der Waals surface area (Å²) < 4.78 is 1.22. The van der Waals surface area contributed by atoms with Crippen LogP contribution in [0.2, 0.25) is 0 Å². The standard InChI is InChI=1S/C15H17N3OS/c19-14(17-7-3-4-8-17)11-9-18(10-11)15-16-12-5-1-2-6-13(12)20-15/h1-2,5-6,11H,3-4,7-10H2. The van der Waals surface area contributed by atoms with Crippen LogP contribution < -0.4 is 4.90 Å². The maximum Gasteiger partial charge on any atom is 0.229 e. The summed E-state index contributed by atoms with van der Waals surface area (Å²) in [5.74, 6) is 0.528. The predicted octanol–water partition coefficient (Wildman–Crippen LogP) is 2.35. The maximum absolute atomic E-state index is 12.3. The Kier molecular flexibility index (Phi) is 2.88. The topological polar surface area (TPSA) is 36.4 Å². The zero-order valence-corrected chi connectivity index (χ0v) is 12.1. The molecule has 3 heterocycles. The number of carbonyl (C=O) groups is 1. The number of benzene rings is 1. The fourth-order valence-electron chi connectivity index (χ4n) is 2.98. The lowest BCUT2D eigenvalue weighted by Crippen LogP contribution is -2.54. The lowest BCUT2D eigenvalue weighted by molar-refractivity contribution is -0.135. The van der Waals surface area contributed by atoms with Crippen molar-refractivity contribution in [1.29, 1.82) is 0 Å². The second kappa shape index (κ2) is 4.74. The van der Waals surface area contributed by atoms with E-state index in [9.17, 15) is 4.79 Å². The number of nitrogens with zero attached hydrogens (tertiary/aromatic N) is 3. The number of carbonyl (C=O) groups excluding carboxylic acids is 1. The lowest BCUT2D eigenvalue weighted by atomic mass is 9.99. The Morgan fingerprint density at radius 3 is 2.70 bits per heavy atom. The van der Waals surface area contributed by atoms with Crippen molar-refractivity contribution in [3.8, 4) is 0 Å².